The van der Waals surface area contributed by atoms with Crippen LogP contribution < -0.4 is 5.11 Å². The molecule has 0 spiro atoms. The van der Waals surface area contributed by atoms with Gasteiger partial charge in [-0.1, -0.05) is 0 Å². The Morgan fingerprint density at radius 1 is 1.82 bits per heavy atom. The molecule has 0 radical (unpaired) electrons. The fourth-order valence-electron chi connectivity index (χ4n) is 0.753. The second-order valence-electron chi connectivity index (χ2n) is 2.49. The predicted molar refractivity (Wildman–Crippen MR) is 36.7 cm³/mol. The number of aliphatic carboxylic acids is 1. The molecule has 60 valence electrons. The van der Waals surface area contributed by atoms with E-state index in [1.54, 1.807) is 12.4 Å². The Bertz CT molecular complexity index is 267. The van der Waals surface area contributed by atoms with E-state index in [2.05, 4.69) is 5.10 Å². The van der Waals surface area contributed by atoms with Crippen LogP contribution in [-0.2, 0) is 4.79 Å². The third kappa shape index (κ3) is 1.58. The number of carbonyl (C=O) groups is 1. The summed E-state index contributed by atoms with van der Waals surface area (Å²) < 4.78 is 1.37. The number of nitrogens with zero attached hydrogens (tertiary/aromatic N) is 2. The maximum absolute atomic E-state index is 10.3. The van der Waals surface area contributed by atoms with Gasteiger partial charge in [0.25, 0.3) is 0 Å². The van der Waals surface area contributed by atoms with Crippen molar-refractivity contribution >= 4 is 5.97 Å². The zero-order valence-corrected chi connectivity index (χ0v) is 6.44. The van der Waals surface area contributed by atoms with Gasteiger partial charge in [-0.25, -0.2) is 0 Å². The molecule has 0 N–H and O–H groups in total. The molecule has 0 bridgehead atoms. The van der Waals surface area contributed by atoms with Crippen molar-refractivity contribution in [3.63, 3.8) is 0 Å². The van der Waals surface area contributed by atoms with Crippen molar-refractivity contribution < 1.29 is 9.90 Å². The van der Waals surface area contributed by atoms with Crippen molar-refractivity contribution in [2.75, 3.05) is 0 Å². The molecule has 0 aliphatic heterocycles. The van der Waals surface area contributed by atoms with Gasteiger partial charge < -0.3 is 9.90 Å². The van der Waals surface area contributed by atoms with Gasteiger partial charge in [-0.05, 0) is 19.4 Å². The van der Waals surface area contributed by atoms with Gasteiger partial charge in [0.05, 0.1) is 18.2 Å². The van der Waals surface area contributed by atoms with Crippen LogP contribution in [-0.4, -0.2) is 15.7 Å². The Morgan fingerprint density at radius 3 is 2.82 bits per heavy atom. The molecule has 0 saturated carbocycles. The normalized spacial score (nSPS) is 12.9. The molecule has 1 aromatic heterocycles. The third-order valence-electron chi connectivity index (χ3n) is 1.47. The summed E-state index contributed by atoms with van der Waals surface area (Å²) in [6, 6.07) is -0.691. The molecular formula is C7H9N2O2-. The summed E-state index contributed by atoms with van der Waals surface area (Å²) in [5.74, 6) is -1.12. The number of carboxylic acid groups (broad SMARTS) is 1. The lowest BCUT2D eigenvalue weighted by Gasteiger charge is -2.11. The van der Waals surface area contributed by atoms with Gasteiger partial charge in [0, 0.05) is 6.20 Å². The maximum atomic E-state index is 10.3. The molecule has 1 aromatic rings. The van der Waals surface area contributed by atoms with Crippen molar-refractivity contribution in [2.45, 2.75) is 19.9 Å². The van der Waals surface area contributed by atoms with Crippen LogP contribution in [0.1, 0.15) is 18.5 Å². The van der Waals surface area contributed by atoms with Crippen LogP contribution in [0, 0.1) is 6.92 Å². The number of carboxylic acids is 1. The largest absolute Gasteiger partial charge is 0.548 e. The number of aromatic nitrogens is 2. The standard InChI is InChI=1S/C7H10N2O2/c1-5-3-8-9(4-5)6(2)7(10)11/h3-4,6H,1-2H3,(H,10,11)/p-1/t6-/m1/s1. The van der Waals surface area contributed by atoms with Gasteiger partial charge in [0.1, 0.15) is 0 Å². The Labute approximate surface area is 64.5 Å². The average Bonchev–Trinajstić information content (AvgIpc) is 2.34. The first kappa shape index (κ1) is 7.78. The Morgan fingerprint density at radius 2 is 2.45 bits per heavy atom. The molecule has 11 heavy (non-hydrogen) atoms. The lowest BCUT2D eigenvalue weighted by molar-refractivity contribution is -0.310. The zero-order chi connectivity index (χ0) is 8.43. The van der Waals surface area contributed by atoms with Gasteiger partial charge in [0.2, 0.25) is 0 Å². The van der Waals surface area contributed by atoms with E-state index in [0.717, 1.165) is 5.56 Å². The fraction of sp³-hybridized carbons (Fsp3) is 0.429. The summed E-state index contributed by atoms with van der Waals surface area (Å²) in [6.45, 7) is 3.38. The van der Waals surface area contributed by atoms with Crippen LogP contribution in [0.2, 0.25) is 0 Å². The summed E-state index contributed by atoms with van der Waals surface area (Å²) in [6.07, 6.45) is 3.28. The molecule has 1 heterocycles. The van der Waals surface area contributed by atoms with E-state index in [9.17, 15) is 9.90 Å². The van der Waals surface area contributed by atoms with Crippen molar-refractivity contribution in [3.05, 3.63) is 18.0 Å². The second-order valence-corrected chi connectivity index (χ2v) is 2.49. The first-order valence-corrected chi connectivity index (χ1v) is 3.33. The van der Waals surface area contributed by atoms with Crippen molar-refractivity contribution in [3.8, 4) is 0 Å². The van der Waals surface area contributed by atoms with Crippen LogP contribution in [0.4, 0.5) is 0 Å². The number of rotatable bonds is 2. The maximum Gasteiger partial charge on any atom is 0.0884 e. The van der Waals surface area contributed by atoms with Crippen LogP contribution >= 0.6 is 0 Å². The van der Waals surface area contributed by atoms with Gasteiger partial charge in [-0.3, -0.25) is 4.68 Å². The minimum absolute atomic E-state index is 0.691. The first-order valence-electron chi connectivity index (χ1n) is 3.33. The number of hydrogen-bond donors (Lipinski definition) is 0. The molecule has 0 unspecified atom stereocenters. The highest BCUT2D eigenvalue weighted by Gasteiger charge is 2.04. The van der Waals surface area contributed by atoms with Crippen LogP contribution in [0.15, 0.2) is 12.4 Å². The molecule has 0 fully saturated rings. The van der Waals surface area contributed by atoms with Crippen molar-refractivity contribution in [1.82, 2.24) is 9.78 Å². The summed E-state index contributed by atoms with van der Waals surface area (Å²) >= 11 is 0. The minimum Gasteiger partial charge on any atom is -0.548 e. The number of aryl methyl sites for hydroxylation is 1. The SMILES string of the molecule is Cc1cnn([C@H](C)C(=O)[O-])c1. The molecule has 4 heteroatoms. The Kier molecular flexibility index (Phi) is 1.94. The number of carbonyl (C=O) groups excluding carboxylic acids is 1. The molecular weight excluding hydrogens is 144 g/mol. The van der Waals surface area contributed by atoms with Crippen molar-refractivity contribution in [1.29, 1.82) is 0 Å². The minimum atomic E-state index is -1.12. The van der Waals surface area contributed by atoms with E-state index >= 15 is 0 Å². The van der Waals surface area contributed by atoms with E-state index in [1.165, 1.54) is 11.6 Å². The summed E-state index contributed by atoms with van der Waals surface area (Å²) in [4.78, 5) is 10.3. The van der Waals surface area contributed by atoms with Crippen molar-refractivity contribution in [2.24, 2.45) is 0 Å². The molecule has 4 nitrogen and oxygen atoms in total. The monoisotopic (exact) mass is 153 g/mol. The van der Waals surface area contributed by atoms with E-state index in [0.29, 0.717) is 0 Å². The smallest absolute Gasteiger partial charge is 0.0884 e. The topological polar surface area (TPSA) is 58.0 Å². The summed E-state index contributed by atoms with van der Waals surface area (Å²) in [7, 11) is 0. The van der Waals surface area contributed by atoms with Gasteiger partial charge in [-0.2, -0.15) is 5.10 Å². The third-order valence-corrected chi connectivity index (χ3v) is 1.47. The summed E-state index contributed by atoms with van der Waals surface area (Å²) in [5, 5.41) is 14.2. The van der Waals surface area contributed by atoms with Crippen LogP contribution in [0.5, 0.6) is 0 Å². The first-order chi connectivity index (χ1) is 5.11. The molecule has 1 atom stereocenters. The Hall–Kier alpha value is -1.32. The fourth-order valence-corrected chi connectivity index (χ4v) is 0.753. The Balaban J connectivity index is 2.84. The summed E-state index contributed by atoms with van der Waals surface area (Å²) in [5.41, 5.74) is 0.943. The second kappa shape index (κ2) is 2.74. The molecule has 1 rings (SSSR count). The van der Waals surface area contributed by atoms with E-state index in [1.807, 2.05) is 6.92 Å². The average molecular weight is 153 g/mol. The molecule has 0 saturated heterocycles. The quantitative estimate of drug-likeness (QED) is 0.575. The van der Waals surface area contributed by atoms with Crippen LogP contribution in [0.25, 0.3) is 0 Å². The van der Waals surface area contributed by atoms with Gasteiger partial charge in [0.15, 0.2) is 0 Å². The zero-order valence-electron chi connectivity index (χ0n) is 6.44. The highest BCUT2D eigenvalue weighted by molar-refractivity contribution is 5.68. The van der Waals surface area contributed by atoms with Gasteiger partial charge in [-0.15, -0.1) is 0 Å². The molecule has 0 aliphatic rings. The van der Waals surface area contributed by atoms with Gasteiger partial charge >= 0.3 is 0 Å². The van der Waals surface area contributed by atoms with E-state index < -0.39 is 12.0 Å². The predicted octanol–water partition coefficient (Wildman–Crippen LogP) is -0.498. The molecule has 0 aromatic carbocycles. The van der Waals surface area contributed by atoms with Crippen LogP contribution in [0.3, 0.4) is 0 Å². The van der Waals surface area contributed by atoms with E-state index in [4.69, 9.17) is 0 Å². The molecule has 0 amide bonds. The highest BCUT2D eigenvalue weighted by atomic mass is 16.4. The van der Waals surface area contributed by atoms with E-state index in [-0.39, 0.29) is 0 Å². The lowest BCUT2D eigenvalue weighted by Crippen LogP contribution is -2.31. The lowest BCUT2D eigenvalue weighted by atomic mass is 10.3. The molecule has 0 aliphatic carbocycles. The number of hydrogen-bond acceptors (Lipinski definition) is 3. The highest BCUT2D eigenvalue weighted by Crippen LogP contribution is 2.03.